The van der Waals surface area contributed by atoms with Gasteiger partial charge in [0.15, 0.2) is 11.6 Å². The van der Waals surface area contributed by atoms with Crippen LogP contribution in [0.15, 0.2) is 66.7 Å². The van der Waals surface area contributed by atoms with Crippen molar-refractivity contribution < 1.29 is 86.1 Å². The number of nitrogens with two attached hydrogens (primary N) is 3. The zero-order valence-electron chi connectivity index (χ0n) is 53.3. The summed E-state index contributed by atoms with van der Waals surface area (Å²) >= 11 is 0. The van der Waals surface area contributed by atoms with Gasteiger partial charge in [-0.3, -0.25) is 43.6 Å². The first-order valence-corrected chi connectivity index (χ1v) is 31.6. The number of hydrogen-bond donors (Lipinski definition) is 8. The van der Waals surface area contributed by atoms with Crippen LogP contribution in [0.25, 0.3) is 0 Å². The standard InChI is InChI=1S/C18H23FN4O4.C17H23FN4O4.C15H17N3O4.C14H17N3O3/c1-10(24)21-8-16-15-6-12-13(23(15)18(25)27-16)2-3-14(17(12)19)22-4-5-26-11(7-20)9-22;1-11(23)20-10-16-15(9-19)22(17(24)26-16)12-2-3-14(13(18)8-12)21-4-6-25-7-5-21;1-8(19)17-7-14-12-5-10-4-9(13(20)6-16)2-3-11(10)18(12)15(21)22-14;1-8(18)16-7-13-12-5-10-4-9(6-15)2-3-11(10)17(12)14(19)20-13/h2-3,11,15-16H,4-9,20H2,1H3,(H,21,24);2-3,8,15-16H,4-7,9-10,19H2,1H3,(H,20,23);2-4,12,14H,5-7,16H2,1H3,(H,17,19);2-4,12-13H,5-7,15H2,1H3,(H,16,18)/p+1/t11-,15-,16-;15-,16-;12-,14-;12-,13-/m0000/s1. The number of anilines is 6. The number of carbonyl (C=O) groups is 9. The lowest BCUT2D eigenvalue weighted by atomic mass is 10.0. The van der Waals surface area contributed by atoms with Crippen molar-refractivity contribution in [2.45, 2.75) is 108 Å². The summed E-state index contributed by atoms with van der Waals surface area (Å²) in [6.45, 7) is 11.9. The molecule has 6 saturated heterocycles. The molecule has 4 aromatic carbocycles. The van der Waals surface area contributed by atoms with Crippen molar-refractivity contribution in [3.05, 3.63) is 106 Å². The number of ether oxygens (including phenoxy) is 6. The Morgan fingerprint density at radius 3 is 1.55 bits per heavy atom. The second kappa shape index (κ2) is 30.0. The molecule has 13 rings (SSSR count). The van der Waals surface area contributed by atoms with Crippen molar-refractivity contribution >= 4 is 87.9 Å². The Hall–Kier alpha value is -9.27. The molecule has 0 radical (unpaired) electrons. The average Bonchev–Trinajstić information content (AvgIpc) is 1.61. The normalized spacial score (nSPS) is 23.9. The smallest absolute Gasteiger partial charge is 0.415 e. The number of carbonyl (C=O) groups excluding carboxylic acids is 9. The largest absolute Gasteiger partial charge is 0.442 e. The number of quaternary nitrogens is 1. The van der Waals surface area contributed by atoms with Crippen LogP contribution >= 0.6 is 0 Å². The highest BCUT2D eigenvalue weighted by Gasteiger charge is 2.51. The summed E-state index contributed by atoms with van der Waals surface area (Å²) < 4.78 is 62.2. The van der Waals surface area contributed by atoms with Crippen LogP contribution < -0.4 is 73.6 Å². The number of amides is 8. The number of hydrogen-bond acceptors (Lipinski definition) is 20. The number of Topliss-reactive ketones (excluding diaryl/α,β-unsaturated/α-hetero) is 1. The summed E-state index contributed by atoms with van der Waals surface area (Å²) in [4.78, 5) is 115. The number of ketones is 1. The molecule has 510 valence electrons. The lowest BCUT2D eigenvalue weighted by Gasteiger charge is -2.34. The summed E-state index contributed by atoms with van der Waals surface area (Å²) in [6, 6.07) is 18.4. The van der Waals surface area contributed by atoms with Gasteiger partial charge in [-0.25, -0.2) is 28.0 Å². The van der Waals surface area contributed by atoms with Crippen LogP contribution in [0.1, 0.15) is 60.3 Å². The summed E-state index contributed by atoms with van der Waals surface area (Å²) in [7, 11) is 0. The van der Waals surface area contributed by atoms with Gasteiger partial charge in [0.1, 0.15) is 36.3 Å². The number of halogens is 2. The third-order valence-corrected chi connectivity index (χ3v) is 17.9. The van der Waals surface area contributed by atoms with Crippen LogP contribution in [-0.4, -0.2) is 200 Å². The highest BCUT2D eigenvalue weighted by atomic mass is 19.1. The maximum atomic E-state index is 15.3. The van der Waals surface area contributed by atoms with Gasteiger partial charge in [0.2, 0.25) is 23.6 Å². The summed E-state index contributed by atoms with van der Waals surface area (Å²) in [5.74, 6) is -1.54. The molecule has 4 aromatic rings. The maximum absolute atomic E-state index is 15.3. The molecule has 8 amide bonds. The van der Waals surface area contributed by atoms with E-state index in [0.29, 0.717) is 119 Å². The van der Waals surface area contributed by atoms with E-state index in [0.717, 1.165) is 34.5 Å². The molecule has 9 heterocycles. The van der Waals surface area contributed by atoms with Crippen molar-refractivity contribution in [1.29, 1.82) is 0 Å². The van der Waals surface area contributed by atoms with E-state index in [1.54, 1.807) is 52.3 Å². The summed E-state index contributed by atoms with van der Waals surface area (Å²) in [5.41, 5.74) is 28.3. The van der Waals surface area contributed by atoms with Crippen LogP contribution in [0.4, 0.5) is 62.1 Å². The Balaban J connectivity index is 0.000000139. The van der Waals surface area contributed by atoms with Gasteiger partial charge in [0.25, 0.3) is 0 Å². The van der Waals surface area contributed by atoms with E-state index in [4.69, 9.17) is 45.6 Å². The highest BCUT2D eigenvalue weighted by Crippen LogP contribution is 2.44. The first-order valence-electron chi connectivity index (χ1n) is 31.6. The van der Waals surface area contributed by atoms with Crippen LogP contribution in [-0.2, 0) is 73.4 Å². The zero-order chi connectivity index (χ0) is 67.9. The number of benzene rings is 4. The molecule has 9 atom stereocenters. The molecule has 13 N–H and O–H groups in total. The Labute approximate surface area is 546 Å². The van der Waals surface area contributed by atoms with Gasteiger partial charge in [0, 0.05) is 84.5 Å². The fourth-order valence-electron chi connectivity index (χ4n) is 13.2. The molecule has 29 nitrogen and oxygen atoms in total. The molecule has 6 fully saturated rings. The van der Waals surface area contributed by atoms with Gasteiger partial charge in [-0.1, -0.05) is 12.1 Å². The molecule has 0 unspecified atom stereocenters. The Kier molecular flexibility index (Phi) is 21.7. The minimum atomic E-state index is -0.562. The van der Waals surface area contributed by atoms with Crippen molar-refractivity contribution in [3.8, 4) is 0 Å². The Morgan fingerprint density at radius 2 is 1.02 bits per heavy atom. The van der Waals surface area contributed by atoms with Crippen LogP contribution in [0.5, 0.6) is 0 Å². The molecule has 0 bridgehead atoms. The van der Waals surface area contributed by atoms with E-state index >= 15 is 4.39 Å². The minimum Gasteiger partial charge on any atom is -0.442 e. The van der Waals surface area contributed by atoms with Crippen molar-refractivity contribution in [2.24, 2.45) is 17.2 Å². The molecule has 0 aliphatic carbocycles. The molecule has 0 spiro atoms. The molecule has 95 heavy (non-hydrogen) atoms. The SMILES string of the molecule is CC(=O)NC[C@@H]1OC(=O)N(c2ccc(N3CCOCC3)c(F)c2)[C@H]1C[NH3+].CC(=O)NC[C@@H]1OC(=O)N2c3ccc(C(=O)CN)cc3C[C@@H]12.CC(=O)NC[C@@H]1OC(=O)N2c3ccc(CN)cc3C[C@@H]12.CC(=O)NC[C@@H]1OC(=O)N2c3ccc(N4CCO[C@@H](CN)C4)c(F)c3C[C@@H]12. The fourth-order valence-corrected chi connectivity index (χ4v) is 13.2. The average molecular weight is 1320 g/mol. The molecule has 9 aliphatic rings. The second-order valence-electron chi connectivity index (χ2n) is 24.0. The van der Waals surface area contributed by atoms with Crippen LogP contribution in [0.2, 0.25) is 0 Å². The molecule has 9 aliphatic heterocycles. The monoisotopic (exact) mass is 1320 g/mol. The van der Waals surface area contributed by atoms with Gasteiger partial charge in [-0.2, -0.15) is 0 Å². The molecular weight excluding hydrogens is 1240 g/mol. The van der Waals surface area contributed by atoms with Crippen molar-refractivity contribution in [2.75, 3.05) is 121 Å². The first-order chi connectivity index (χ1) is 45.6. The van der Waals surface area contributed by atoms with Gasteiger partial charge in [-0.15, -0.1) is 0 Å². The number of nitrogens with zero attached hydrogens (tertiary/aromatic N) is 6. The van der Waals surface area contributed by atoms with Gasteiger partial charge >= 0.3 is 24.4 Å². The Morgan fingerprint density at radius 1 is 0.547 bits per heavy atom. The lowest BCUT2D eigenvalue weighted by Crippen LogP contribution is -2.62. The van der Waals surface area contributed by atoms with Crippen LogP contribution in [0, 0.1) is 11.6 Å². The number of morpholine rings is 2. The topological polar surface area (TPSA) is 382 Å². The summed E-state index contributed by atoms with van der Waals surface area (Å²) in [6.07, 6.45) is -1.98. The van der Waals surface area contributed by atoms with E-state index in [1.807, 2.05) is 28.0 Å². The number of rotatable bonds is 16. The van der Waals surface area contributed by atoms with Crippen LogP contribution in [0.3, 0.4) is 0 Å². The maximum Gasteiger partial charge on any atom is 0.415 e. The van der Waals surface area contributed by atoms with Gasteiger partial charge in [-0.05, 0) is 84.1 Å². The fraction of sp³-hybridized carbons (Fsp3) is 0.484. The first kappa shape index (κ1) is 68.6. The van der Waals surface area contributed by atoms with Gasteiger partial charge < -0.3 is 82.4 Å². The Bertz CT molecular complexity index is 3600. The third-order valence-electron chi connectivity index (χ3n) is 17.9. The third kappa shape index (κ3) is 15.0. The number of fused-ring (bicyclic) bond motifs is 9. The molecule has 0 saturated carbocycles. The van der Waals surface area contributed by atoms with Gasteiger partial charge in [0.05, 0.1) is 117 Å². The predicted molar refractivity (Wildman–Crippen MR) is 341 cm³/mol. The molecule has 0 aromatic heterocycles. The summed E-state index contributed by atoms with van der Waals surface area (Å²) in [5, 5.41) is 10.7. The van der Waals surface area contributed by atoms with E-state index in [2.05, 4.69) is 27.0 Å². The zero-order valence-corrected chi connectivity index (χ0v) is 53.3. The quantitative estimate of drug-likeness (QED) is 0.0569. The van der Waals surface area contributed by atoms with Crippen molar-refractivity contribution in [1.82, 2.24) is 21.3 Å². The molecule has 31 heteroatoms. The van der Waals surface area contributed by atoms with Crippen molar-refractivity contribution in [3.63, 3.8) is 0 Å². The van der Waals surface area contributed by atoms with E-state index in [-0.39, 0.29) is 104 Å². The number of nitrogens with one attached hydrogen (secondary N) is 4. The highest BCUT2D eigenvalue weighted by molar-refractivity contribution is 6.00. The van der Waals surface area contributed by atoms with E-state index < -0.39 is 42.4 Å². The second-order valence-corrected chi connectivity index (χ2v) is 24.0. The predicted octanol–water partition coefficient (Wildman–Crippen LogP) is 0.855. The molecular formula is C64H81F2N14O15+. The van der Waals surface area contributed by atoms with E-state index in [9.17, 15) is 47.5 Å². The van der Waals surface area contributed by atoms with E-state index in [1.165, 1.54) is 43.6 Å². The minimum absolute atomic E-state index is 0.0425. The lowest BCUT2D eigenvalue weighted by molar-refractivity contribution is -0.372. The number of cyclic esters (lactones) is 4.